The lowest BCUT2D eigenvalue weighted by molar-refractivity contribution is -0.139. The third kappa shape index (κ3) is 11.9. The number of carboxylic acid groups (broad SMARTS) is 1. The van der Waals surface area contributed by atoms with E-state index >= 15 is 0 Å². The summed E-state index contributed by atoms with van der Waals surface area (Å²) in [5, 5.41) is 9.70. The van der Waals surface area contributed by atoms with Gasteiger partial charge in [0.2, 0.25) is 0 Å². The molecule has 0 heterocycles. The van der Waals surface area contributed by atoms with Gasteiger partial charge in [0.1, 0.15) is 17.7 Å². The third-order valence-corrected chi connectivity index (χ3v) is 7.08. The van der Waals surface area contributed by atoms with Gasteiger partial charge < -0.3 is 29.8 Å². The predicted octanol–water partition coefficient (Wildman–Crippen LogP) is 5.99. The molecule has 0 spiro atoms. The lowest BCUT2D eigenvalue weighted by atomic mass is 9.87. The number of esters is 2. The van der Waals surface area contributed by atoms with Crippen LogP contribution in [0.25, 0.3) is 0 Å². The van der Waals surface area contributed by atoms with Crippen molar-refractivity contribution in [2.75, 3.05) is 0 Å². The highest BCUT2D eigenvalue weighted by atomic mass is 16.7. The zero-order chi connectivity index (χ0) is 30.6. The molecule has 3 N–H and O–H groups in total. The first-order valence-electron chi connectivity index (χ1n) is 14.1. The standard InChI is InChI=1S/C30H47NO9/c1-9-18(4)14-25(32)38-23-13-12-21(17-24(23)39-26(33)15-19(5)10-2)22(27(31)28(34)35)16-20(6)37-29(36)40-30(7,8)11-3/h12-13,17-20,22,27H,9-11,14-16,31H2,1-8H3,(H,34,35)/t18?,19?,20?,22?,27-/m0/s1. The quantitative estimate of drug-likeness (QED) is 0.181. The van der Waals surface area contributed by atoms with E-state index in [2.05, 4.69) is 0 Å². The maximum atomic E-state index is 12.7. The van der Waals surface area contributed by atoms with E-state index < -0.39 is 47.7 Å². The maximum Gasteiger partial charge on any atom is 0.509 e. The van der Waals surface area contributed by atoms with Gasteiger partial charge in [-0.3, -0.25) is 14.4 Å². The van der Waals surface area contributed by atoms with Crippen LogP contribution in [0.1, 0.15) is 105 Å². The molecular formula is C30H47NO9. The Hall–Kier alpha value is -3.14. The highest BCUT2D eigenvalue weighted by molar-refractivity contribution is 5.77. The van der Waals surface area contributed by atoms with Crippen molar-refractivity contribution in [3.8, 4) is 11.5 Å². The van der Waals surface area contributed by atoms with Crippen molar-refractivity contribution in [2.24, 2.45) is 17.6 Å². The van der Waals surface area contributed by atoms with Crippen LogP contribution in [0, 0.1) is 11.8 Å². The van der Waals surface area contributed by atoms with E-state index in [1.165, 1.54) is 12.1 Å². The number of aliphatic carboxylic acids is 1. The van der Waals surface area contributed by atoms with Gasteiger partial charge in [0.05, 0.1) is 0 Å². The Morgan fingerprint density at radius 2 is 1.43 bits per heavy atom. The molecule has 0 aliphatic rings. The van der Waals surface area contributed by atoms with Crippen molar-refractivity contribution in [1.82, 2.24) is 0 Å². The highest BCUT2D eigenvalue weighted by Crippen LogP contribution is 2.35. The van der Waals surface area contributed by atoms with Gasteiger partial charge in [0.25, 0.3) is 0 Å². The van der Waals surface area contributed by atoms with Gasteiger partial charge in [0.15, 0.2) is 11.5 Å². The van der Waals surface area contributed by atoms with Gasteiger partial charge in [-0.05, 0) is 63.1 Å². The van der Waals surface area contributed by atoms with E-state index in [1.54, 1.807) is 26.8 Å². The molecule has 10 heteroatoms. The molecule has 0 aliphatic heterocycles. The molecule has 1 aromatic rings. The largest absolute Gasteiger partial charge is 0.509 e. The second kappa shape index (κ2) is 16.2. The van der Waals surface area contributed by atoms with Crippen LogP contribution in [-0.4, -0.2) is 46.9 Å². The van der Waals surface area contributed by atoms with E-state index in [0.717, 1.165) is 12.8 Å². The molecule has 40 heavy (non-hydrogen) atoms. The van der Waals surface area contributed by atoms with Gasteiger partial charge >= 0.3 is 24.1 Å². The SMILES string of the molecule is CCC(C)CC(=O)Oc1ccc(C(CC(C)OC(=O)OC(C)(C)CC)[C@H](N)C(=O)O)cc1OC(=O)CC(C)CC. The fourth-order valence-corrected chi connectivity index (χ4v) is 3.66. The summed E-state index contributed by atoms with van der Waals surface area (Å²) in [6.07, 6.45) is 0.911. The van der Waals surface area contributed by atoms with Crippen molar-refractivity contribution >= 4 is 24.1 Å². The zero-order valence-electron chi connectivity index (χ0n) is 25.2. The second-order valence-electron chi connectivity index (χ2n) is 11.2. The Morgan fingerprint density at radius 1 is 0.900 bits per heavy atom. The van der Waals surface area contributed by atoms with Crippen molar-refractivity contribution in [2.45, 2.75) is 118 Å². The van der Waals surface area contributed by atoms with Crippen LogP contribution in [0.15, 0.2) is 18.2 Å². The summed E-state index contributed by atoms with van der Waals surface area (Å²) >= 11 is 0. The number of nitrogens with two attached hydrogens (primary N) is 1. The fourth-order valence-electron chi connectivity index (χ4n) is 3.66. The van der Waals surface area contributed by atoms with E-state index in [-0.39, 0.29) is 42.6 Å². The first-order chi connectivity index (χ1) is 18.6. The number of carbonyl (C=O) groups is 4. The van der Waals surface area contributed by atoms with Crippen molar-refractivity contribution in [1.29, 1.82) is 0 Å². The van der Waals surface area contributed by atoms with E-state index in [4.69, 9.17) is 24.7 Å². The number of rotatable bonds is 16. The fraction of sp³-hybridized carbons (Fsp3) is 0.667. The molecule has 1 aromatic carbocycles. The van der Waals surface area contributed by atoms with Crippen LogP contribution in [0.3, 0.4) is 0 Å². The lowest BCUT2D eigenvalue weighted by Crippen LogP contribution is -2.38. The molecule has 5 atom stereocenters. The molecule has 0 aliphatic carbocycles. The minimum atomic E-state index is -1.36. The minimum absolute atomic E-state index is 0.0106. The predicted molar refractivity (Wildman–Crippen MR) is 150 cm³/mol. The van der Waals surface area contributed by atoms with Crippen LogP contribution in [0.2, 0.25) is 0 Å². The molecule has 0 radical (unpaired) electrons. The van der Waals surface area contributed by atoms with E-state index in [0.29, 0.717) is 12.0 Å². The molecule has 0 fully saturated rings. The number of hydrogen-bond donors (Lipinski definition) is 2. The molecule has 0 aromatic heterocycles. The summed E-state index contributed by atoms with van der Waals surface area (Å²) in [5.41, 5.74) is 5.75. The van der Waals surface area contributed by atoms with E-state index in [9.17, 15) is 24.3 Å². The smallest absolute Gasteiger partial charge is 0.480 e. The minimum Gasteiger partial charge on any atom is -0.480 e. The van der Waals surface area contributed by atoms with Gasteiger partial charge in [-0.25, -0.2) is 4.79 Å². The molecular weight excluding hydrogens is 518 g/mol. The molecule has 1 rings (SSSR count). The summed E-state index contributed by atoms with van der Waals surface area (Å²) in [5.74, 6) is -2.86. The van der Waals surface area contributed by atoms with Crippen molar-refractivity contribution < 1.29 is 43.2 Å². The third-order valence-electron chi connectivity index (χ3n) is 7.08. The second-order valence-corrected chi connectivity index (χ2v) is 11.2. The summed E-state index contributed by atoms with van der Waals surface area (Å²) < 4.78 is 21.9. The van der Waals surface area contributed by atoms with Crippen LogP contribution in [0.5, 0.6) is 11.5 Å². The molecule has 0 bridgehead atoms. The summed E-state index contributed by atoms with van der Waals surface area (Å²) in [6, 6.07) is 3.12. The zero-order valence-corrected chi connectivity index (χ0v) is 25.2. The molecule has 0 saturated carbocycles. The molecule has 0 saturated heterocycles. The first-order valence-corrected chi connectivity index (χ1v) is 14.1. The summed E-state index contributed by atoms with van der Waals surface area (Å²) in [4.78, 5) is 49.3. The van der Waals surface area contributed by atoms with Crippen molar-refractivity contribution in [3.05, 3.63) is 23.8 Å². The normalized spacial score (nSPS) is 15.2. The van der Waals surface area contributed by atoms with Crippen LogP contribution in [-0.2, 0) is 23.9 Å². The van der Waals surface area contributed by atoms with Crippen LogP contribution in [0.4, 0.5) is 4.79 Å². The average Bonchev–Trinajstić information content (AvgIpc) is 2.87. The van der Waals surface area contributed by atoms with Crippen LogP contribution >= 0.6 is 0 Å². The maximum absolute atomic E-state index is 12.7. The van der Waals surface area contributed by atoms with Gasteiger partial charge in [-0.1, -0.05) is 53.5 Å². The molecule has 10 nitrogen and oxygen atoms in total. The Morgan fingerprint density at radius 3 is 1.90 bits per heavy atom. The topological polar surface area (TPSA) is 151 Å². The highest BCUT2D eigenvalue weighted by Gasteiger charge is 2.31. The molecule has 226 valence electrons. The van der Waals surface area contributed by atoms with Gasteiger partial charge in [0, 0.05) is 18.8 Å². The monoisotopic (exact) mass is 565 g/mol. The molecule has 0 amide bonds. The Balaban J connectivity index is 3.33. The Kier molecular flexibility index (Phi) is 14.1. The Bertz CT molecular complexity index is 1010. The number of carbonyl (C=O) groups excluding carboxylic acids is 3. The summed E-state index contributed by atoms with van der Waals surface area (Å²) in [7, 11) is 0. The molecule has 4 unspecified atom stereocenters. The van der Waals surface area contributed by atoms with Gasteiger partial charge in [-0.2, -0.15) is 0 Å². The van der Waals surface area contributed by atoms with Crippen molar-refractivity contribution in [3.63, 3.8) is 0 Å². The number of hydrogen-bond acceptors (Lipinski definition) is 9. The lowest BCUT2D eigenvalue weighted by Gasteiger charge is -2.27. The number of carboxylic acids is 1. The first kappa shape index (κ1) is 34.9. The van der Waals surface area contributed by atoms with Crippen LogP contribution < -0.4 is 15.2 Å². The van der Waals surface area contributed by atoms with E-state index in [1.807, 2.05) is 34.6 Å². The number of benzene rings is 1. The average molecular weight is 566 g/mol. The van der Waals surface area contributed by atoms with Gasteiger partial charge in [-0.15, -0.1) is 0 Å². The Labute approximate surface area is 237 Å². The summed E-state index contributed by atoms with van der Waals surface area (Å²) in [6.45, 7) is 14.8. The number of ether oxygens (including phenoxy) is 4.